The van der Waals surface area contributed by atoms with Crippen LogP contribution in [0.4, 0.5) is 11.4 Å². The first kappa shape index (κ1) is 21.0. The van der Waals surface area contributed by atoms with E-state index in [2.05, 4.69) is 31.8 Å². The summed E-state index contributed by atoms with van der Waals surface area (Å²) in [6, 6.07) is 19.4. The Kier molecular flexibility index (Phi) is 6.76. The van der Waals surface area contributed by atoms with Crippen LogP contribution in [0.3, 0.4) is 0 Å². The van der Waals surface area contributed by atoms with Crippen molar-refractivity contribution in [2.45, 2.75) is 6.54 Å². The number of halogens is 1. The summed E-state index contributed by atoms with van der Waals surface area (Å²) in [6.45, 7) is 0.616. The molecule has 0 bridgehead atoms. The zero-order chi connectivity index (χ0) is 21.5. The molecule has 8 nitrogen and oxygen atoms in total. The number of nitrogens with zero attached hydrogens (tertiary/aromatic N) is 2. The van der Waals surface area contributed by atoms with Crippen LogP contribution in [0.25, 0.3) is 0 Å². The number of aromatic hydroxyl groups is 1. The average Bonchev–Trinajstić information content (AvgIpc) is 2.75. The average molecular weight is 469 g/mol. The summed E-state index contributed by atoms with van der Waals surface area (Å²) in [5, 5.41) is 28.0. The number of carbonyl (C=O) groups is 1. The van der Waals surface area contributed by atoms with Gasteiger partial charge < -0.3 is 10.4 Å². The highest BCUT2D eigenvalue weighted by molar-refractivity contribution is 9.10. The second-order valence-corrected chi connectivity index (χ2v) is 7.15. The molecule has 0 saturated carbocycles. The molecule has 9 heteroatoms. The van der Waals surface area contributed by atoms with Crippen LogP contribution in [0, 0.1) is 10.1 Å². The van der Waals surface area contributed by atoms with Gasteiger partial charge in [-0.3, -0.25) is 14.9 Å². The molecule has 0 fully saturated rings. The molecule has 0 heterocycles. The number of anilines is 1. The smallest absolute Gasteiger partial charge is 0.312 e. The second kappa shape index (κ2) is 9.66. The molecule has 0 saturated heterocycles. The van der Waals surface area contributed by atoms with Gasteiger partial charge in [-0.1, -0.05) is 46.3 Å². The molecule has 152 valence electrons. The van der Waals surface area contributed by atoms with Crippen LogP contribution in [-0.4, -0.2) is 22.2 Å². The highest BCUT2D eigenvalue weighted by atomic mass is 79.9. The lowest BCUT2D eigenvalue weighted by atomic mass is 10.1. The normalized spacial score (nSPS) is 10.7. The Morgan fingerprint density at radius 1 is 1.13 bits per heavy atom. The van der Waals surface area contributed by atoms with Crippen molar-refractivity contribution in [2.24, 2.45) is 5.10 Å². The third-order valence-corrected chi connectivity index (χ3v) is 4.59. The van der Waals surface area contributed by atoms with E-state index in [1.807, 2.05) is 42.5 Å². The Morgan fingerprint density at radius 2 is 1.83 bits per heavy atom. The van der Waals surface area contributed by atoms with Crippen LogP contribution in [0.1, 0.15) is 21.5 Å². The lowest BCUT2D eigenvalue weighted by Gasteiger charge is -2.07. The Labute approximate surface area is 180 Å². The molecule has 1 amide bonds. The molecule has 0 unspecified atom stereocenters. The molecular formula is C21H17BrN4O4. The maximum Gasteiger partial charge on any atom is 0.312 e. The van der Waals surface area contributed by atoms with Crippen LogP contribution in [-0.2, 0) is 6.54 Å². The number of amides is 1. The number of phenolic OH excluding ortho intramolecular Hbond substituents is 1. The Balaban J connectivity index is 1.60. The number of hydrogen-bond acceptors (Lipinski definition) is 6. The standard InChI is InChI=1S/C21H17BrN4O4/c22-17-10-16(20(27)19(11-17)26(29)30)13-24-25-21(28)15-8-6-14(7-9-15)12-23-18-4-2-1-3-5-18/h1-11,13,23,27H,12H2,(H,25,28)/b24-13-. The minimum atomic E-state index is -0.704. The monoisotopic (exact) mass is 468 g/mol. The molecule has 3 aromatic rings. The first-order chi connectivity index (χ1) is 14.4. The molecule has 3 aromatic carbocycles. The van der Waals surface area contributed by atoms with Gasteiger partial charge in [-0.05, 0) is 35.9 Å². The summed E-state index contributed by atoms with van der Waals surface area (Å²) >= 11 is 3.14. The SMILES string of the molecule is O=C(N/N=C\c1cc(Br)cc([N+](=O)[O-])c1O)c1ccc(CNc2ccccc2)cc1. The number of hydrogen-bond donors (Lipinski definition) is 3. The van der Waals surface area contributed by atoms with E-state index in [0.717, 1.165) is 17.5 Å². The van der Waals surface area contributed by atoms with Gasteiger partial charge in [-0.25, -0.2) is 5.43 Å². The number of benzene rings is 3. The highest BCUT2D eigenvalue weighted by Crippen LogP contribution is 2.32. The second-order valence-electron chi connectivity index (χ2n) is 6.24. The van der Waals surface area contributed by atoms with Gasteiger partial charge in [0, 0.05) is 33.9 Å². The number of carbonyl (C=O) groups excluding carboxylic acids is 1. The van der Waals surface area contributed by atoms with Crippen LogP contribution in [0.5, 0.6) is 5.75 Å². The summed E-state index contributed by atoms with van der Waals surface area (Å²) in [6.07, 6.45) is 1.14. The van der Waals surface area contributed by atoms with E-state index in [4.69, 9.17) is 0 Å². The number of nitro groups is 1. The van der Waals surface area contributed by atoms with Crippen molar-refractivity contribution >= 4 is 39.4 Å². The predicted octanol–water partition coefficient (Wildman–Crippen LogP) is 4.44. The zero-order valence-corrected chi connectivity index (χ0v) is 17.2. The van der Waals surface area contributed by atoms with E-state index in [-0.39, 0.29) is 5.56 Å². The lowest BCUT2D eigenvalue weighted by molar-refractivity contribution is -0.385. The van der Waals surface area contributed by atoms with Gasteiger partial charge in [0.05, 0.1) is 11.1 Å². The minimum Gasteiger partial charge on any atom is -0.502 e. The van der Waals surface area contributed by atoms with Gasteiger partial charge in [0.25, 0.3) is 5.91 Å². The first-order valence-electron chi connectivity index (χ1n) is 8.82. The molecule has 0 aromatic heterocycles. The van der Waals surface area contributed by atoms with Crippen molar-refractivity contribution in [3.8, 4) is 5.75 Å². The highest BCUT2D eigenvalue weighted by Gasteiger charge is 2.17. The summed E-state index contributed by atoms with van der Waals surface area (Å²) in [7, 11) is 0. The van der Waals surface area contributed by atoms with Gasteiger partial charge in [0.1, 0.15) is 0 Å². The van der Waals surface area contributed by atoms with Gasteiger partial charge >= 0.3 is 5.69 Å². The number of nitrogens with one attached hydrogen (secondary N) is 2. The van der Waals surface area contributed by atoms with Gasteiger partial charge in [-0.2, -0.15) is 5.10 Å². The van der Waals surface area contributed by atoms with Crippen molar-refractivity contribution in [1.82, 2.24) is 5.43 Å². The lowest BCUT2D eigenvalue weighted by Crippen LogP contribution is -2.17. The Bertz CT molecular complexity index is 1090. The Morgan fingerprint density at radius 3 is 2.50 bits per heavy atom. The molecule has 0 spiro atoms. The van der Waals surface area contributed by atoms with Crippen molar-refractivity contribution in [3.05, 3.63) is 98.0 Å². The van der Waals surface area contributed by atoms with Crippen LogP contribution in [0.2, 0.25) is 0 Å². The largest absolute Gasteiger partial charge is 0.502 e. The number of nitro benzene ring substituents is 1. The third kappa shape index (κ3) is 5.42. The maximum atomic E-state index is 12.2. The molecule has 0 atom stereocenters. The molecule has 0 radical (unpaired) electrons. The topological polar surface area (TPSA) is 117 Å². The van der Waals surface area contributed by atoms with E-state index < -0.39 is 22.3 Å². The zero-order valence-electron chi connectivity index (χ0n) is 15.6. The fourth-order valence-electron chi connectivity index (χ4n) is 2.60. The minimum absolute atomic E-state index is 0.0960. The molecule has 30 heavy (non-hydrogen) atoms. The van der Waals surface area contributed by atoms with Gasteiger partial charge in [0.15, 0.2) is 0 Å². The fraction of sp³-hybridized carbons (Fsp3) is 0.0476. The van der Waals surface area contributed by atoms with E-state index in [0.29, 0.717) is 16.6 Å². The fourth-order valence-corrected chi connectivity index (χ4v) is 3.07. The Hall–Kier alpha value is -3.72. The van der Waals surface area contributed by atoms with Crippen LogP contribution in [0.15, 0.2) is 76.3 Å². The molecule has 0 aliphatic carbocycles. The summed E-state index contributed by atoms with van der Waals surface area (Å²) in [5.74, 6) is -0.978. The number of phenols is 1. The van der Waals surface area contributed by atoms with Crippen molar-refractivity contribution in [2.75, 3.05) is 5.32 Å². The number of hydrazone groups is 1. The van der Waals surface area contributed by atoms with E-state index in [1.54, 1.807) is 12.1 Å². The van der Waals surface area contributed by atoms with Crippen molar-refractivity contribution in [1.29, 1.82) is 0 Å². The molecule has 3 rings (SSSR count). The third-order valence-electron chi connectivity index (χ3n) is 4.14. The first-order valence-corrected chi connectivity index (χ1v) is 9.61. The molecule has 0 aliphatic rings. The van der Waals surface area contributed by atoms with E-state index in [9.17, 15) is 20.0 Å². The predicted molar refractivity (Wildman–Crippen MR) is 118 cm³/mol. The van der Waals surface area contributed by atoms with Crippen LogP contribution < -0.4 is 10.7 Å². The van der Waals surface area contributed by atoms with Crippen molar-refractivity contribution in [3.63, 3.8) is 0 Å². The quantitative estimate of drug-likeness (QED) is 0.269. The van der Waals surface area contributed by atoms with Crippen molar-refractivity contribution < 1.29 is 14.8 Å². The summed E-state index contributed by atoms with van der Waals surface area (Å²) in [5.41, 5.74) is 4.39. The summed E-state index contributed by atoms with van der Waals surface area (Å²) < 4.78 is 0.402. The molecular weight excluding hydrogens is 452 g/mol. The maximum absolute atomic E-state index is 12.2. The van der Waals surface area contributed by atoms with Crippen LogP contribution >= 0.6 is 15.9 Å². The van der Waals surface area contributed by atoms with E-state index in [1.165, 1.54) is 12.1 Å². The van der Waals surface area contributed by atoms with Gasteiger partial charge in [0.2, 0.25) is 5.75 Å². The van der Waals surface area contributed by atoms with E-state index >= 15 is 0 Å². The molecule has 3 N–H and O–H groups in total. The summed E-state index contributed by atoms with van der Waals surface area (Å²) in [4.78, 5) is 22.5. The number of para-hydroxylation sites is 1. The van der Waals surface area contributed by atoms with Gasteiger partial charge in [-0.15, -0.1) is 0 Å². The number of rotatable bonds is 7. The molecule has 0 aliphatic heterocycles.